The van der Waals surface area contributed by atoms with Gasteiger partial charge in [0.2, 0.25) is 11.8 Å². The van der Waals surface area contributed by atoms with Gasteiger partial charge in [0.05, 0.1) is 12.6 Å². The third kappa shape index (κ3) is 34.1. The Morgan fingerprint density at radius 2 is 1.09 bits per heavy atom. The summed E-state index contributed by atoms with van der Waals surface area (Å²) in [4.78, 5) is 117. The third-order valence-corrected chi connectivity index (χ3v) is 15.1. The Morgan fingerprint density at radius 3 is 1.55 bits per heavy atom. The molecule has 1 aromatic carbocycles. The van der Waals surface area contributed by atoms with E-state index in [4.69, 9.17) is 26.2 Å². The number of phenolic OH excluding ortho intramolecular Hbond substituents is 1. The molecular formula is C59H99N5O15S. The van der Waals surface area contributed by atoms with Crippen LogP contribution in [0, 0.1) is 0 Å². The molecule has 0 saturated heterocycles. The maximum Gasteiger partial charge on any atom is 0.326 e. The van der Waals surface area contributed by atoms with Crippen molar-refractivity contribution in [1.29, 1.82) is 0 Å². The SMILES string of the molecule is CCCCCCCCCCCCCCCC(=O)OC[C@H](CSCCC(=O)N(N)[C@@](CCC(=O)O)(C(=O)NCC(=O)N[C@H](CCC(=O)O)C(=O)O)C(=O)[C@@H](N)Cc1ccc(O)cc1)OC(=O)CCCCCCCCCCCCCCC. The highest BCUT2D eigenvalue weighted by Crippen LogP contribution is 2.27. The van der Waals surface area contributed by atoms with Crippen LogP contribution in [0.4, 0.5) is 0 Å². The Hall–Kier alpha value is -5.28. The van der Waals surface area contributed by atoms with Gasteiger partial charge in [0.1, 0.15) is 24.5 Å². The predicted octanol–water partition coefficient (Wildman–Crippen LogP) is 9.23. The summed E-state index contributed by atoms with van der Waals surface area (Å²) in [6.07, 6.45) is 25.8. The lowest BCUT2D eigenvalue weighted by Crippen LogP contribution is -2.71. The smallest absolute Gasteiger partial charge is 0.326 e. The van der Waals surface area contributed by atoms with Gasteiger partial charge in [0.25, 0.3) is 5.91 Å². The molecule has 0 fully saturated rings. The highest BCUT2D eigenvalue weighted by atomic mass is 32.2. The Bertz CT molecular complexity index is 1960. The number of carboxylic acid groups (broad SMARTS) is 3. The quantitative estimate of drug-likeness (QED) is 0.00752. The summed E-state index contributed by atoms with van der Waals surface area (Å²) >= 11 is 1.14. The molecule has 1 aromatic rings. The molecule has 3 amide bonds. The highest BCUT2D eigenvalue weighted by Gasteiger charge is 2.53. The Balaban J connectivity index is 3.11. The number of benzene rings is 1. The van der Waals surface area contributed by atoms with Gasteiger partial charge in [-0.25, -0.2) is 10.6 Å². The minimum Gasteiger partial charge on any atom is -0.508 e. The van der Waals surface area contributed by atoms with E-state index in [0.29, 0.717) is 23.4 Å². The number of thioether (sulfide) groups is 1. The van der Waals surface area contributed by atoms with Crippen LogP contribution in [0.3, 0.4) is 0 Å². The summed E-state index contributed by atoms with van der Waals surface area (Å²) in [5, 5.41) is 42.7. The van der Waals surface area contributed by atoms with Crippen molar-refractivity contribution >= 4 is 65.1 Å². The Kier molecular flexibility index (Phi) is 41.2. The standard InChI is InChI=1S/C59H99N5O15S/c1-3-5-7-9-11-13-15-17-19-21-23-25-27-29-54(72)78-43-47(79-55(73)30-28-26-24-22-20-18-16-14-12-10-8-6-4-2)44-80-40-38-51(67)64(61)59(39-37-53(70)71,56(74)48(60)41-45-31-33-46(65)34-32-45)58(77)62-42-50(66)63-49(57(75)76)35-36-52(68)69/h31-34,47-49,65H,3-30,35-44,60-61H2,1-2H3,(H,62,77)(H,63,66)(H,68,69)(H,70,71)(H,75,76)/t47-,48+,49-,59-/m1/s1. The topological polar surface area (TPSA) is 332 Å². The monoisotopic (exact) mass is 1150 g/mol. The molecule has 1 rings (SSSR count). The number of aromatic hydroxyl groups is 1. The first-order valence-electron chi connectivity index (χ1n) is 29.7. The molecule has 0 aliphatic heterocycles. The zero-order valence-electron chi connectivity index (χ0n) is 48.2. The van der Waals surface area contributed by atoms with Crippen LogP contribution in [0.15, 0.2) is 24.3 Å². The third-order valence-electron chi connectivity index (χ3n) is 14.0. The molecule has 0 aliphatic rings. The number of nitrogens with zero attached hydrogens (tertiary/aromatic N) is 1. The average Bonchev–Trinajstić information content (AvgIpc) is 3.58. The van der Waals surface area contributed by atoms with Gasteiger partial charge < -0.3 is 46.3 Å². The Labute approximate surface area is 479 Å². The molecule has 0 radical (unpaired) electrons. The van der Waals surface area contributed by atoms with Gasteiger partial charge in [-0.05, 0) is 49.8 Å². The van der Waals surface area contributed by atoms with Crippen LogP contribution in [0.1, 0.15) is 231 Å². The van der Waals surface area contributed by atoms with E-state index in [-0.39, 0.29) is 43.1 Å². The fraction of sp³-hybridized carbons (Fsp3) is 0.746. The van der Waals surface area contributed by atoms with Crippen LogP contribution in [0.2, 0.25) is 0 Å². The molecule has 80 heavy (non-hydrogen) atoms. The molecule has 0 heterocycles. The van der Waals surface area contributed by atoms with Gasteiger partial charge in [-0.1, -0.05) is 180 Å². The van der Waals surface area contributed by atoms with Gasteiger partial charge in [-0.3, -0.25) is 43.4 Å². The summed E-state index contributed by atoms with van der Waals surface area (Å²) in [5.41, 5.74) is 3.93. The van der Waals surface area contributed by atoms with Gasteiger partial charge in [0, 0.05) is 43.6 Å². The molecule has 10 N–H and O–H groups in total. The molecule has 0 aliphatic carbocycles. The number of esters is 2. The molecule has 4 atom stereocenters. The van der Waals surface area contributed by atoms with Gasteiger partial charge >= 0.3 is 29.8 Å². The fourth-order valence-corrected chi connectivity index (χ4v) is 10.2. The van der Waals surface area contributed by atoms with Gasteiger partial charge in [0.15, 0.2) is 11.3 Å². The number of hydrogen-bond donors (Lipinski definition) is 8. The molecule has 0 aromatic heterocycles. The van der Waals surface area contributed by atoms with Crippen LogP contribution < -0.4 is 22.2 Å². The average molecular weight is 1150 g/mol. The van der Waals surface area contributed by atoms with Crippen molar-refractivity contribution in [2.24, 2.45) is 11.6 Å². The first kappa shape index (κ1) is 72.7. The number of unbranched alkanes of at least 4 members (excludes halogenated alkanes) is 24. The summed E-state index contributed by atoms with van der Waals surface area (Å²) in [5.74, 6) is -3.67. The number of phenols is 1. The normalized spacial score (nSPS) is 13.1. The minimum atomic E-state index is -2.85. The second kappa shape index (κ2) is 45.3. The first-order valence-corrected chi connectivity index (χ1v) is 30.9. The van der Waals surface area contributed by atoms with E-state index in [0.717, 1.165) is 56.7 Å². The first-order chi connectivity index (χ1) is 38.4. The maximum absolute atomic E-state index is 14.5. The lowest BCUT2D eigenvalue weighted by Gasteiger charge is -2.39. The molecule has 21 heteroatoms. The van der Waals surface area contributed by atoms with E-state index in [9.17, 15) is 58.5 Å². The largest absolute Gasteiger partial charge is 0.508 e. The maximum atomic E-state index is 14.5. The predicted molar refractivity (Wildman–Crippen MR) is 308 cm³/mol. The number of hydrazine groups is 1. The van der Waals surface area contributed by atoms with Gasteiger partial charge in [-0.15, -0.1) is 0 Å². The van der Waals surface area contributed by atoms with Gasteiger partial charge in [-0.2, -0.15) is 11.8 Å². The molecular weight excluding hydrogens is 1050 g/mol. The number of ether oxygens (including phenoxy) is 2. The summed E-state index contributed by atoms with van der Waals surface area (Å²) in [6.45, 7) is 3.21. The minimum absolute atomic E-state index is 0.0357. The van der Waals surface area contributed by atoms with Crippen LogP contribution in [-0.4, -0.2) is 127 Å². The molecule has 0 spiro atoms. The molecule has 0 bridgehead atoms. The van der Waals surface area contributed by atoms with Crippen molar-refractivity contribution in [3.8, 4) is 5.75 Å². The zero-order chi connectivity index (χ0) is 59.4. The van der Waals surface area contributed by atoms with Crippen LogP contribution in [-0.2, 0) is 59.0 Å². The van der Waals surface area contributed by atoms with Crippen molar-refractivity contribution in [2.45, 2.75) is 256 Å². The van der Waals surface area contributed by atoms with E-state index in [1.165, 1.54) is 133 Å². The van der Waals surface area contributed by atoms with E-state index in [1.807, 2.05) is 0 Å². The summed E-state index contributed by atoms with van der Waals surface area (Å²) < 4.78 is 11.4. The number of aliphatic carboxylic acids is 3. The molecule has 0 unspecified atom stereocenters. The van der Waals surface area contributed by atoms with E-state index in [2.05, 4.69) is 24.5 Å². The summed E-state index contributed by atoms with van der Waals surface area (Å²) in [7, 11) is 0. The lowest BCUT2D eigenvalue weighted by molar-refractivity contribution is -0.158. The number of amides is 3. The number of nitrogens with two attached hydrogens (primary N) is 2. The van der Waals surface area contributed by atoms with Crippen LogP contribution in [0.25, 0.3) is 0 Å². The molecule has 0 saturated carbocycles. The van der Waals surface area contributed by atoms with E-state index < -0.39 is 116 Å². The summed E-state index contributed by atoms with van der Waals surface area (Å²) in [6, 6.07) is 2.25. The second-order valence-corrected chi connectivity index (χ2v) is 22.2. The van der Waals surface area contributed by atoms with Crippen molar-refractivity contribution < 1.29 is 73.1 Å². The van der Waals surface area contributed by atoms with Crippen molar-refractivity contribution in [3.05, 3.63) is 29.8 Å². The fourth-order valence-electron chi connectivity index (χ4n) is 9.25. The molecule has 20 nitrogen and oxygen atoms in total. The number of carbonyl (C=O) groups is 9. The number of carbonyl (C=O) groups excluding carboxylic acids is 6. The number of ketones is 1. The zero-order valence-corrected chi connectivity index (χ0v) is 49.0. The number of Topliss-reactive ketones (excluding diaryl/α,β-unsaturated/α-hetero) is 1. The lowest BCUT2D eigenvalue weighted by atomic mass is 9.81. The van der Waals surface area contributed by atoms with E-state index >= 15 is 0 Å². The second-order valence-electron chi connectivity index (χ2n) is 21.0. The van der Waals surface area contributed by atoms with Crippen LogP contribution >= 0.6 is 11.8 Å². The number of rotatable bonds is 52. The highest BCUT2D eigenvalue weighted by molar-refractivity contribution is 7.99. The number of nitrogens with one attached hydrogen (secondary N) is 2. The molecule has 456 valence electrons. The van der Waals surface area contributed by atoms with Crippen LogP contribution in [0.5, 0.6) is 5.75 Å². The van der Waals surface area contributed by atoms with Crippen molar-refractivity contribution in [3.63, 3.8) is 0 Å². The van der Waals surface area contributed by atoms with Crippen molar-refractivity contribution in [2.75, 3.05) is 24.7 Å². The Morgan fingerprint density at radius 1 is 0.625 bits per heavy atom. The van der Waals surface area contributed by atoms with E-state index in [1.54, 1.807) is 0 Å². The number of hydrogen-bond acceptors (Lipinski definition) is 15. The van der Waals surface area contributed by atoms with Crippen molar-refractivity contribution in [1.82, 2.24) is 15.6 Å². The number of carboxylic acids is 3.